The van der Waals surface area contributed by atoms with Gasteiger partial charge < -0.3 is 0 Å². The van der Waals surface area contributed by atoms with Gasteiger partial charge in [0.05, 0.1) is 0 Å². The molecular weight excluding hydrogens is 123 g/mol. The molecule has 0 unspecified atom stereocenters. The van der Waals surface area contributed by atoms with Gasteiger partial charge >= 0.3 is 38.9 Å². The van der Waals surface area contributed by atoms with Crippen molar-refractivity contribution in [2.24, 2.45) is 4.69 Å². The van der Waals surface area contributed by atoms with Gasteiger partial charge in [0.1, 0.15) is 0 Å². The second-order valence-electron chi connectivity index (χ2n) is 1.14. The van der Waals surface area contributed by atoms with Gasteiger partial charge in [-0.05, 0) is 0 Å². The summed E-state index contributed by atoms with van der Waals surface area (Å²) in [5.41, 5.74) is 0. The van der Waals surface area contributed by atoms with E-state index in [1.165, 1.54) is 11.7 Å². The van der Waals surface area contributed by atoms with E-state index in [1.54, 1.807) is 0 Å². The molecule has 0 saturated heterocycles. The van der Waals surface area contributed by atoms with E-state index in [0.29, 0.717) is 0 Å². The van der Waals surface area contributed by atoms with Crippen molar-refractivity contribution in [1.82, 2.24) is 0 Å². The van der Waals surface area contributed by atoms with Crippen molar-refractivity contribution in [2.45, 2.75) is 18.6 Å². The molecule has 0 heterocycles. The van der Waals surface area contributed by atoms with E-state index in [-0.39, 0.29) is 0 Å². The molecule has 0 aliphatic carbocycles. The summed E-state index contributed by atoms with van der Waals surface area (Å²) < 4.78 is 5.33. The second kappa shape index (κ2) is 4.50. The number of hydrogen-bond donors (Lipinski definition) is 1. The zero-order chi connectivity index (χ0) is 4.12. The molecule has 0 aliphatic heterocycles. The van der Waals surface area contributed by atoms with Crippen molar-refractivity contribution >= 4 is 15.7 Å². The summed E-state index contributed by atoms with van der Waals surface area (Å²) in [5.74, 6) is 0. The van der Waals surface area contributed by atoms with Crippen LogP contribution in [0.15, 0.2) is 0 Å². The normalized spacial score (nSPS) is 10.8. The molecule has 0 saturated carbocycles. The predicted octanol–water partition coefficient (Wildman–Crippen LogP) is -0.143. The second-order valence-corrected chi connectivity index (χ2v) is 3.84. The summed E-state index contributed by atoms with van der Waals surface area (Å²) in [6, 6.07) is 0. The minimum atomic E-state index is -0.411. The molecule has 1 nitrogen and oxygen atoms in total. The Morgan fingerprint density at radius 1 is 1.80 bits per heavy atom. The molecule has 32 valence electrons. The Morgan fingerprint density at radius 2 is 2.40 bits per heavy atom. The molecule has 0 aromatic heterocycles. The van der Waals surface area contributed by atoms with E-state index >= 15 is 0 Å². The van der Waals surface area contributed by atoms with E-state index < -0.39 is 15.7 Å². The third-order valence-corrected chi connectivity index (χ3v) is 2.90. The van der Waals surface area contributed by atoms with Crippen LogP contribution in [-0.4, -0.2) is 15.7 Å². The summed E-state index contributed by atoms with van der Waals surface area (Å²) in [5, 5.41) is 1.35. The number of nitrogens with two attached hydrogens (primary N) is 1. The van der Waals surface area contributed by atoms with E-state index in [0.717, 1.165) is 0 Å². The van der Waals surface area contributed by atoms with E-state index in [4.69, 9.17) is 4.69 Å². The van der Waals surface area contributed by atoms with Crippen LogP contribution in [0.25, 0.3) is 0 Å². The minimum absolute atomic E-state index is 0.411. The Bertz CT molecular complexity index is 14.4. The summed E-state index contributed by atoms with van der Waals surface area (Å²) in [7, 11) is 0. The molecule has 2 heteroatoms. The van der Waals surface area contributed by atoms with Gasteiger partial charge in [-0.3, -0.25) is 0 Å². The average Bonchev–Trinajstić information content (AvgIpc) is 1.41. The van der Waals surface area contributed by atoms with Gasteiger partial charge in [-0.25, -0.2) is 0 Å². The molecule has 0 spiro atoms. The molecule has 0 aromatic carbocycles. The van der Waals surface area contributed by atoms with Crippen molar-refractivity contribution in [3.63, 3.8) is 0 Å². The first-order chi connectivity index (χ1) is 2.41. The predicted molar refractivity (Wildman–Crippen MR) is 27.8 cm³/mol. The van der Waals surface area contributed by atoms with Crippen molar-refractivity contribution in [1.29, 1.82) is 0 Å². The van der Waals surface area contributed by atoms with Gasteiger partial charge in [0.2, 0.25) is 0 Å². The maximum atomic E-state index is 5.33. The van der Waals surface area contributed by atoms with Crippen LogP contribution in [0.5, 0.6) is 0 Å². The van der Waals surface area contributed by atoms with Crippen molar-refractivity contribution in [2.75, 3.05) is 0 Å². The Hall–Kier alpha value is 0.503. The standard InChI is InChI=1S/C3H11GeN/c1-2-3-4-5/h2-5H2,1H3. The van der Waals surface area contributed by atoms with Gasteiger partial charge in [-0.15, -0.1) is 0 Å². The van der Waals surface area contributed by atoms with Crippen LogP contribution in [0.1, 0.15) is 13.3 Å². The van der Waals surface area contributed by atoms with Crippen LogP contribution >= 0.6 is 0 Å². The summed E-state index contributed by atoms with van der Waals surface area (Å²) in [6.45, 7) is 2.18. The van der Waals surface area contributed by atoms with Crippen LogP contribution in [-0.2, 0) is 0 Å². The molecule has 0 atom stereocenters. The van der Waals surface area contributed by atoms with Crippen LogP contribution in [0.3, 0.4) is 0 Å². The Balaban J connectivity index is 2.19. The molecule has 0 radical (unpaired) electrons. The van der Waals surface area contributed by atoms with Crippen LogP contribution < -0.4 is 4.69 Å². The van der Waals surface area contributed by atoms with Crippen LogP contribution in [0.2, 0.25) is 5.25 Å². The molecule has 0 fully saturated rings. The van der Waals surface area contributed by atoms with Crippen LogP contribution in [0, 0.1) is 0 Å². The summed E-state index contributed by atoms with van der Waals surface area (Å²) in [6.07, 6.45) is 1.30. The fraction of sp³-hybridized carbons (Fsp3) is 1.00. The van der Waals surface area contributed by atoms with Gasteiger partial charge in [-0.2, -0.15) is 0 Å². The first-order valence-electron chi connectivity index (χ1n) is 2.12. The van der Waals surface area contributed by atoms with Gasteiger partial charge in [-0.1, -0.05) is 0 Å². The molecule has 0 bridgehead atoms. The molecule has 0 aromatic rings. The van der Waals surface area contributed by atoms with Crippen molar-refractivity contribution in [3.05, 3.63) is 0 Å². The fourth-order valence-corrected chi connectivity index (χ4v) is 1.06. The third-order valence-electron chi connectivity index (χ3n) is 0.558. The van der Waals surface area contributed by atoms with E-state index in [1.807, 2.05) is 0 Å². The third kappa shape index (κ3) is 4.50. The summed E-state index contributed by atoms with van der Waals surface area (Å²) >= 11 is -0.411. The molecule has 5 heavy (non-hydrogen) atoms. The van der Waals surface area contributed by atoms with Crippen molar-refractivity contribution in [3.8, 4) is 0 Å². The maximum absolute atomic E-state index is 5.33. The number of rotatable bonds is 2. The zero-order valence-corrected chi connectivity index (χ0v) is 6.67. The Labute approximate surface area is 39.6 Å². The zero-order valence-electron chi connectivity index (χ0n) is 3.70. The molecule has 0 rings (SSSR count). The first kappa shape index (κ1) is 5.50. The average molecular weight is 134 g/mol. The molecular formula is C3H11GeN. The Kier molecular flexibility index (Phi) is 4.96. The van der Waals surface area contributed by atoms with Gasteiger partial charge in [0.25, 0.3) is 0 Å². The SMILES string of the molecule is CC[CH2][GeH2][NH2]. The molecule has 0 amide bonds. The van der Waals surface area contributed by atoms with Gasteiger partial charge in [0, 0.05) is 0 Å². The molecule has 2 N–H and O–H groups in total. The quantitative estimate of drug-likeness (QED) is 0.522. The topological polar surface area (TPSA) is 26.0 Å². The summed E-state index contributed by atoms with van der Waals surface area (Å²) in [4.78, 5) is 0. The van der Waals surface area contributed by atoms with E-state index in [2.05, 4.69) is 6.92 Å². The van der Waals surface area contributed by atoms with Crippen molar-refractivity contribution < 1.29 is 0 Å². The Morgan fingerprint density at radius 3 is 2.40 bits per heavy atom. The molecule has 0 aliphatic rings. The monoisotopic (exact) mass is 135 g/mol. The first-order valence-corrected chi connectivity index (χ1v) is 5.93. The van der Waals surface area contributed by atoms with Crippen LogP contribution in [0.4, 0.5) is 0 Å². The number of hydrogen-bond acceptors (Lipinski definition) is 1. The van der Waals surface area contributed by atoms with E-state index in [9.17, 15) is 0 Å². The fourth-order valence-electron chi connectivity index (χ4n) is 0.204. The van der Waals surface area contributed by atoms with Gasteiger partial charge in [0.15, 0.2) is 0 Å².